The summed E-state index contributed by atoms with van der Waals surface area (Å²) in [6, 6.07) is 1.91. The van der Waals surface area contributed by atoms with Gasteiger partial charge >= 0.3 is 0 Å². The predicted molar refractivity (Wildman–Crippen MR) is 106 cm³/mol. The highest BCUT2D eigenvalue weighted by Gasteiger charge is 2.33. The Labute approximate surface area is 181 Å². The molecule has 3 N–H and O–H groups in total. The molecule has 172 valence electrons. The van der Waals surface area contributed by atoms with Gasteiger partial charge in [-0.05, 0) is 48.2 Å². The van der Waals surface area contributed by atoms with Crippen LogP contribution in [0.15, 0.2) is 30.3 Å². The van der Waals surface area contributed by atoms with E-state index in [2.05, 4.69) is 5.32 Å². The molecule has 32 heavy (non-hydrogen) atoms. The average Bonchev–Trinajstić information content (AvgIpc) is 2.90. The van der Waals surface area contributed by atoms with E-state index in [9.17, 15) is 31.5 Å². The zero-order valence-corrected chi connectivity index (χ0v) is 17.0. The molecule has 1 aliphatic rings. The molecule has 1 saturated heterocycles. The molecule has 0 radical (unpaired) electrons. The van der Waals surface area contributed by atoms with Gasteiger partial charge in [-0.3, -0.25) is 9.59 Å². The number of hydrogen-bond donors (Lipinski definition) is 2. The lowest BCUT2D eigenvalue weighted by molar-refractivity contribution is -0.139. The molecular formula is C22H22F5N3O2. The van der Waals surface area contributed by atoms with Crippen molar-refractivity contribution < 1.29 is 31.5 Å². The van der Waals surface area contributed by atoms with Gasteiger partial charge in [0, 0.05) is 38.0 Å². The van der Waals surface area contributed by atoms with Crippen LogP contribution in [0.1, 0.15) is 24.0 Å². The van der Waals surface area contributed by atoms with Crippen molar-refractivity contribution in [3.05, 3.63) is 70.5 Å². The van der Waals surface area contributed by atoms with Crippen LogP contribution < -0.4 is 11.1 Å². The molecule has 1 fully saturated rings. The van der Waals surface area contributed by atoms with Gasteiger partial charge in [-0.15, -0.1) is 0 Å². The first-order valence-corrected chi connectivity index (χ1v) is 10.1. The molecule has 0 aliphatic carbocycles. The van der Waals surface area contributed by atoms with E-state index in [0.29, 0.717) is 25.1 Å². The lowest BCUT2D eigenvalue weighted by Gasteiger charge is -2.29. The maximum atomic E-state index is 14.1. The van der Waals surface area contributed by atoms with Crippen LogP contribution in [0.5, 0.6) is 0 Å². The number of carbonyl (C=O) groups is 2. The molecule has 2 aromatic carbocycles. The monoisotopic (exact) mass is 455 g/mol. The molecule has 2 atom stereocenters. The number of nitrogens with one attached hydrogen (secondary N) is 1. The van der Waals surface area contributed by atoms with Crippen LogP contribution in [0.3, 0.4) is 0 Å². The molecule has 0 saturated carbocycles. The Bertz CT molecular complexity index is 1020. The Morgan fingerprint density at radius 3 is 2.50 bits per heavy atom. The van der Waals surface area contributed by atoms with Crippen LogP contribution >= 0.6 is 0 Å². The topological polar surface area (TPSA) is 75.4 Å². The van der Waals surface area contributed by atoms with Gasteiger partial charge in [0.2, 0.25) is 11.8 Å². The van der Waals surface area contributed by atoms with E-state index in [4.69, 9.17) is 5.73 Å². The van der Waals surface area contributed by atoms with Crippen LogP contribution in [-0.2, 0) is 22.4 Å². The predicted octanol–water partition coefficient (Wildman–Crippen LogP) is 2.60. The minimum absolute atomic E-state index is 0.0574. The summed E-state index contributed by atoms with van der Waals surface area (Å²) in [5.74, 6) is -6.00. The molecule has 10 heteroatoms. The standard InChI is InChI=1S/C22H22F5N3O2/c23-14-2-3-16(24)12(6-14)9-20-22(32)29-4-1-5-30(20)21(31)10-15(28)7-13-8-18(26)19(27)11-17(13)25/h2-3,6,8,11,15,20H,1,4-5,7,9-10,28H2,(H,29,32)/t15-,20?/m1/s1. The van der Waals surface area contributed by atoms with Crippen molar-refractivity contribution in [1.82, 2.24) is 10.2 Å². The molecule has 5 nitrogen and oxygen atoms in total. The third-order valence-corrected chi connectivity index (χ3v) is 5.30. The number of nitrogens with zero attached hydrogens (tertiary/aromatic N) is 1. The van der Waals surface area contributed by atoms with Gasteiger partial charge in [0.25, 0.3) is 0 Å². The first-order valence-electron chi connectivity index (χ1n) is 10.1. The third-order valence-electron chi connectivity index (χ3n) is 5.30. The Balaban J connectivity index is 1.75. The highest BCUT2D eigenvalue weighted by molar-refractivity contribution is 5.88. The summed E-state index contributed by atoms with van der Waals surface area (Å²) in [4.78, 5) is 26.7. The Hall–Kier alpha value is -3.01. The molecule has 0 aromatic heterocycles. The van der Waals surface area contributed by atoms with Gasteiger partial charge < -0.3 is 16.0 Å². The molecule has 2 aromatic rings. The Morgan fingerprint density at radius 1 is 1.03 bits per heavy atom. The average molecular weight is 455 g/mol. The third kappa shape index (κ3) is 5.61. The fourth-order valence-corrected chi connectivity index (χ4v) is 3.70. The van der Waals surface area contributed by atoms with E-state index >= 15 is 0 Å². The van der Waals surface area contributed by atoms with Crippen molar-refractivity contribution in [3.63, 3.8) is 0 Å². The number of amides is 2. The lowest BCUT2D eigenvalue weighted by atomic mass is 10.00. The SMILES string of the molecule is N[C@@H](CC(=O)N1CCCNC(=O)C1Cc1cc(F)ccc1F)Cc1cc(F)c(F)cc1F. The minimum atomic E-state index is -1.33. The number of nitrogens with two attached hydrogens (primary N) is 1. The van der Waals surface area contributed by atoms with E-state index in [-0.39, 0.29) is 36.9 Å². The summed E-state index contributed by atoms with van der Waals surface area (Å²) >= 11 is 0. The van der Waals surface area contributed by atoms with E-state index < -0.39 is 53.0 Å². The number of carbonyl (C=O) groups excluding carboxylic acids is 2. The fourth-order valence-electron chi connectivity index (χ4n) is 3.70. The van der Waals surface area contributed by atoms with E-state index in [1.807, 2.05) is 0 Å². The van der Waals surface area contributed by atoms with Crippen LogP contribution in [0, 0.1) is 29.1 Å². The highest BCUT2D eigenvalue weighted by Crippen LogP contribution is 2.19. The molecule has 1 heterocycles. The van der Waals surface area contributed by atoms with Gasteiger partial charge in [-0.2, -0.15) is 0 Å². The van der Waals surface area contributed by atoms with Crippen LogP contribution in [0.2, 0.25) is 0 Å². The lowest BCUT2D eigenvalue weighted by Crippen LogP contribution is -2.49. The highest BCUT2D eigenvalue weighted by atomic mass is 19.2. The van der Waals surface area contributed by atoms with Crippen molar-refractivity contribution in [3.8, 4) is 0 Å². The van der Waals surface area contributed by atoms with Gasteiger partial charge in [-0.25, -0.2) is 22.0 Å². The molecular weight excluding hydrogens is 433 g/mol. The molecule has 0 bridgehead atoms. The second-order valence-electron chi connectivity index (χ2n) is 7.71. The maximum Gasteiger partial charge on any atom is 0.243 e. The first-order chi connectivity index (χ1) is 15.2. The summed E-state index contributed by atoms with van der Waals surface area (Å²) < 4.78 is 68.1. The number of halogens is 5. The summed E-state index contributed by atoms with van der Waals surface area (Å²) in [5.41, 5.74) is 5.70. The maximum absolute atomic E-state index is 14.1. The van der Waals surface area contributed by atoms with E-state index in [1.54, 1.807) is 0 Å². The Kier molecular flexibility index (Phi) is 7.44. The zero-order valence-electron chi connectivity index (χ0n) is 17.0. The Morgan fingerprint density at radius 2 is 1.75 bits per heavy atom. The summed E-state index contributed by atoms with van der Waals surface area (Å²) in [7, 11) is 0. The molecule has 3 rings (SSSR count). The van der Waals surface area contributed by atoms with Gasteiger partial charge in [0.05, 0.1) is 0 Å². The minimum Gasteiger partial charge on any atom is -0.354 e. The quantitative estimate of drug-likeness (QED) is 0.520. The van der Waals surface area contributed by atoms with Crippen LogP contribution in [0.25, 0.3) is 0 Å². The van der Waals surface area contributed by atoms with Crippen molar-refractivity contribution >= 4 is 11.8 Å². The van der Waals surface area contributed by atoms with E-state index in [1.165, 1.54) is 4.90 Å². The molecule has 1 unspecified atom stereocenters. The second-order valence-corrected chi connectivity index (χ2v) is 7.71. The van der Waals surface area contributed by atoms with Crippen LogP contribution in [-0.4, -0.2) is 41.9 Å². The smallest absolute Gasteiger partial charge is 0.243 e. The molecule has 1 aliphatic heterocycles. The summed E-state index contributed by atoms with van der Waals surface area (Å²) in [5, 5.41) is 2.64. The van der Waals surface area contributed by atoms with Crippen molar-refractivity contribution in [2.45, 2.75) is 37.8 Å². The fraction of sp³-hybridized carbons (Fsp3) is 0.364. The van der Waals surface area contributed by atoms with Crippen LogP contribution in [0.4, 0.5) is 22.0 Å². The summed E-state index contributed by atoms with van der Waals surface area (Å²) in [6.45, 7) is 0.475. The van der Waals surface area contributed by atoms with Crippen molar-refractivity contribution in [2.24, 2.45) is 5.73 Å². The van der Waals surface area contributed by atoms with Crippen molar-refractivity contribution in [1.29, 1.82) is 0 Å². The number of rotatable bonds is 6. The van der Waals surface area contributed by atoms with Gasteiger partial charge in [0.1, 0.15) is 23.5 Å². The van der Waals surface area contributed by atoms with Gasteiger partial charge in [-0.1, -0.05) is 0 Å². The number of hydrogen-bond acceptors (Lipinski definition) is 3. The number of benzene rings is 2. The zero-order chi connectivity index (χ0) is 23.4. The summed E-state index contributed by atoms with van der Waals surface area (Å²) in [6.07, 6.45) is -0.354. The van der Waals surface area contributed by atoms with Gasteiger partial charge in [0.15, 0.2) is 11.6 Å². The van der Waals surface area contributed by atoms with Crippen molar-refractivity contribution in [2.75, 3.05) is 13.1 Å². The first kappa shape index (κ1) is 23.6. The molecule has 2 amide bonds. The largest absolute Gasteiger partial charge is 0.354 e. The second kappa shape index (κ2) is 10.1. The van der Waals surface area contributed by atoms with E-state index in [0.717, 1.165) is 18.2 Å². The molecule has 0 spiro atoms. The normalized spacial score (nSPS) is 17.6.